The Bertz CT molecular complexity index is 568. The first-order valence-electron chi connectivity index (χ1n) is 6.60. The Hall–Kier alpha value is -1.89. The third-order valence-corrected chi connectivity index (χ3v) is 3.60. The molecule has 0 aliphatic carbocycles. The molecule has 1 saturated heterocycles. The van der Waals surface area contributed by atoms with Crippen LogP contribution in [0.3, 0.4) is 0 Å². The number of fused-ring (bicyclic) bond motifs is 1. The number of aliphatic hydroxyl groups excluding tert-OH is 1. The normalized spacial score (nSPS) is 19.9. The van der Waals surface area contributed by atoms with Crippen molar-refractivity contribution in [2.24, 2.45) is 0 Å². The zero-order valence-corrected chi connectivity index (χ0v) is 10.9. The second-order valence-electron chi connectivity index (χ2n) is 4.75. The average molecular weight is 262 g/mol. The molecule has 3 rings (SSSR count). The molecule has 0 bridgehead atoms. The van der Waals surface area contributed by atoms with E-state index in [1.165, 1.54) is 0 Å². The van der Waals surface area contributed by atoms with Crippen LogP contribution in [0.5, 0.6) is 0 Å². The van der Waals surface area contributed by atoms with E-state index in [0.29, 0.717) is 11.6 Å². The molecule has 0 radical (unpaired) electrons. The van der Waals surface area contributed by atoms with Crippen molar-refractivity contribution in [1.82, 2.24) is 19.9 Å². The van der Waals surface area contributed by atoms with E-state index in [1.54, 1.807) is 13.4 Å². The van der Waals surface area contributed by atoms with Crippen LogP contribution < -0.4 is 10.2 Å². The number of piperidine rings is 1. The highest BCUT2D eigenvalue weighted by atomic mass is 16.3. The van der Waals surface area contributed by atoms with Gasteiger partial charge in [0.15, 0.2) is 11.5 Å². The highest BCUT2D eigenvalue weighted by Crippen LogP contribution is 2.28. The minimum atomic E-state index is 0.125. The van der Waals surface area contributed by atoms with Crippen molar-refractivity contribution in [2.45, 2.75) is 25.3 Å². The number of nitrogens with one attached hydrogen (secondary N) is 2. The predicted molar refractivity (Wildman–Crippen MR) is 73.3 cm³/mol. The van der Waals surface area contributed by atoms with Gasteiger partial charge in [-0.2, -0.15) is 9.97 Å². The monoisotopic (exact) mass is 262 g/mol. The van der Waals surface area contributed by atoms with Crippen molar-refractivity contribution in [1.29, 1.82) is 0 Å². The molecular formula is C12H18N6O. The molecule has 7 heteroatoms. The second kappa shape index (κ2) is 5.00. The topological polar surface area (TPSA) is 90.0 Å². The molecule has 1 atom stereocenters. The molecule has 2 aromatic heterocycles. The summed E-state index contributed by atoms with van der Waals surface area (Å²) in [5.74, 6) is 1.38. The van der Waals surface area contributed by atoms with Crippen LogP contribution in [0.15, 0.2) is 6.33 Å². The lowest BCUT2D eigenvalue weighted by Gasteiger charge is -2.35. The zero-order valence-electron chi connectivity index (χ0n) is 10.9. The van der Waals surface area contributed by atoms with Crippen LogP contribution in [-0.2, 0) is 0 Å². The summed E-state index contributed by atoms with van der Waals surface area (Å²) in [5.41, 5.74) is 1.48. The Labute approximate surface area is 111 Å². The summed E-state index contributed by atoms with van der Waals surface area (Å²) in [6.45, 7) is 1.05. The Morgan fingerprint density at radius 2 is 2.37 bits per heavy atom. The highest BCUT2D eigenvalue weighted by Gasteiger charge is 2.25. The van der Waals surface area contributed by atoms with Gasteiger partial charge < -0.3 is 20.3 Å². The molecule has 2 aromatic rings. The van der Waals surface area contributed by atoms with Gasteiger partial charge in [0.25, 0.3) is 0 Å². The number of rotatable bonds is 3. The smallest absolute Gasteiger partial charge is 0.226 e. The van der Waals surface area contributed by atoms with Crippen LogP contribution in [0, 0.1) is 0 Å². The molecule has 7 nitrogen and oxygen atoms in total. The third kappa shape index (κ3) is 2.10. The molecule has 1 aliphatic rings. The van der Waals surface area contributed by atoms with E-state index < -0.39 is 0 Å². The van der Waals surface area contributed by atoms with Gasteiger partial charge in [0.1, 0.15) is 5.52 Å². The van der Waals surface area contributed by atoms with Crippen molar-refractivity contribution in [3.8, 4) is 0 Å². The molecular weight excluding hydrogens is 244 g/mol. The summed E-state index contributed by atoms with van der Waals surface area (Å²) in [6.07, 6.45) is 4.88. The van der Waals surface area contributed by atoms with Gasteiger partial charge in [0, 0.05) is 13.6 Å². The number of aromatic amines is 1. The van der Waals surface area contributed by atoms with Crippen LogP contribution >= 0.6 is 0 Å². The molecule has 102 valence electrons. The van der Waals surface area contributed by atoms with Gasteiger partial charge in [-0.15, -0.1) is 0 Å². The number of hydrogen-bond acceptors (Lipinski definition) is 6. The largest absolute Gasteiger partial charge is 0.394 e. The fourth-order valence-corrected chi connectivity index (χ4v) is 2.61. The lowest BCUT2D eigenvalue weighted by molar-refractivity contribution is 0.239. The van der Waals surface area contributed by atoms with Crippen molar-refractivity contribution >= 4 is 22.9 Å². The second-order valence-corrected chi connectivity index (χ2v) is 4.75. The van der Waals surface area contributed by atoms with E-state index >= 15 is 0 Å². The summed E-state index contributed by atoms with van der Waals surface area (Å²) in [6, 6.07) is 0.125. The van der Waals surface area contributed by atoms with E-state index in [0.717, 1.165) is 37.1 Å². The van der Waals surface area contributed by atoms with Gasteiger partial charge in [-0.3, -0.25) is 0 Å². The molecule has 0 spiro atoms. The summed E-state index contributed by atoms with van der Waals surface area (Å²) in [5, 5.41) is 12.5. The quantitative estimate of drug-likeness (QED) is 0.756. The van der Waals surface area contributed by atoms with E-state index in [4.69, 9.17) is 0 Å². The highest BCUT2D eigenvalue weighted by molar-refractivity contribution is 5.84. The van der Waals surface area contributed by atoms with Crippen molar-refractivity contribution in [2.75, 3.05) is 30.4 Å². The minimum Gasteiger partial charge on any atom is -0.394 e. The van der Waals surface area contributed by atoms with Gasteiger partial charge in [0.2, 0.25) is 5.95 Å². The van der Waals surface area contributed by atoms with E-state index in [1.807, 2.05) is 0 Å². The Morgan fingerprint density at radius 1 is 1.47 bits per heavy atom. The van der Waals surface area contributed by atoms with Crippen molar-refractivity contribution in [3.63, 3.8) is 0 Å². The van der Waals surface area contributed by atoms with Crippen LogP contribution in [0.2, 0.25) is 0 Å². The van der Waals surface area contributed by atoms with Gasteiger partial charge in [0.05, 0.1) is 19.0 Å². The summed E-state index contributed by atoms with van der Waals surface area (Å²) in [7, 11) is 1.79. The number of aliphatic hydroxyl groups is 1. The van der Waals surface area contributed by atoms with Crippen LogP contribution in [0.4, 0.5) is 11.8 Å². The molecule has 0 amide bonds. The van der Waals surface area contributed by atoms with Gasteiger partial charge in [-0.05, 0) is 19.3 Å². The van der Waals surface area contributed by atoms with Gasteiger partial charge in [-0.25, -0.2) is 4.98 Å². The maximum atomic E-state index is 9.55. The number of anilines is 2. The maximum Gasteiger partial charge on any atom is 0.226 e. The first-order valence-corrected chi connectivity index (χ1v) is 6.60. The van der Waals surface area contributed by atoms with E-state index in [2.05, 4.69) is 30.2 Å². The Balaban J connectivity index is 2.08. The Kier molecular flexibility index (Phi) is 3.20. The van der Waals surface area contributed by atoms with Gasteiger partial charge in [-0.1, -0.05) is 0 Å². The first kappa shape index (κ1) is 12.2. The lowest BCUT2D eigenvalue weighted by atomic mass is 10.0. The number of hydrogen-bond donors (Lipinski definition) is 3. The fraction of sp³-hybridized carbons (Fsp3) is 0.583. The summed E-state index contributed by atoms with van der Waals surface area (Å²) >= 11 is 0. The number of aromatic nitrogens is 4. The van der Waals surface area contributed by atoms with E-state index in [-0.39, 0.29) is 12.6 Å². The third-order valence-electron chi connectivity index (χ3n) is 3.60. The summed E-state index contributed by atoms with van der Waals surface area (Å²) in [4.78, 5) is 18.3. The van der Waals surface area contributed by atoms with Crippen molar-refractivity contribution < 1.29 is 5.11 Å². The van der Waals surface area contributed by atoms with Crippen molar-refractivity contribution in [3.05, 3.63) is 6.33 Å². The average Bonchev–Trinajstić information content (AvgIpc) is 2.94. The Morgan fingerprint density at radius 3 is 3.16 bits per heavy atom. The lowest BCUT2D eigenvalue weighted by Crippen LogP contribution is -2.42. The van der Waals surface area contributed by atoms with Crippen LogP contribution in [0.25, 0.3) is 11.2 Å². The first-order chi connectivity index (χ1) is 9.33. The SMILES string of the molecule is CNc1nc(N2CCCCC2CO)c2[nH]cnc2n1. The minimum absolute atomic E-state index is 0.125. The standard InChI is InChI=1S/C12H18N6O/c1-13-12-16-10-9(14-7-15-10)11(17-12)18-5-3-2-4-8(18)6-19/h7-8,19H,2-6H2,1H3,(H2,13,14,15,16,17). The molecule has 1 fully saturated rings. The van der Waals surface area contributed by atoms with Gasteiger partial charge >= 0.3 is 0 Å². The van der Waals surface area contributed by atoms with Crippen LogP contribution in [0.1, 0.15) is 19.3 Å². The van der Waals surface area contributed by atoms with Crippen LogP contribution in [-0.4, -0.2) is 51.3 Å². The fourth-order valence-electron chi connectivity index (χ4n) is 2.61. The molecule has 3 heterocycles. The molecule has 1 unspecified atom stereocenters. The predicted octanol–water partition coefficient (Wildman–Crippen LogP) is 0.746. The number of imidazole rings is 1. The van der Waals surface area contributed by atoms with E-state index in [9.17, 15) is 5.11 Å². The number of nitrogens with zero attached hydrogens (tertiary/aromatic N) is 4. The maximum absolute atomic E-state index is 9.55. The molecule has 0 aromatic carbocycles. The molecule has 1 aliphatic heterocycles. The number of H-pyrrole nitrogens is 1. The zero-order chi connectivity index (χ0) is 13.2. The molecule has 3 N–H and O–H groups in total. The molecule has 19 heavy (non-hydrogen) atoms. The summed E-state index contributed by atoms with van der Waals surface area (Å²) < 4.78 is 0. The molecule has 0 saturated carbocycles.